The highest BCUT2D eigenvalue weighted by atomic mass is 32.2. The summed E-state index contributed by atoms with van der Waals surface area (Å²) in [4.78, 5) is 25.3. The van der Waals surface area contributed by atoms with Crippen LogP contribution in [-0.2, 0) is 9.59 Å². The van der Waals surface area contributed by atoms with Crippen LogP contribution in [0.4, 0.5) is 11.4 Å². The van der Waals surface area contributed by atoms with E-state index < -0.39 is 0 Å². The topological polar surface area (TPSA) is 68.1 Å². The SMILES string of the molecule is Cc1csc(=S)n1-c1ccccc1NC(=O)CCCC(=O)Nc1ccccc1-n1c(C)csc1=S. The van der Waals surface area contributed by atoms with E-state index in [4.69, 9.17) is 24.4 Å². The van der Waals surface area contributed by atoms with Crippen LogP contribution in [-0.4, -0.2) is 20.9 Å². The molecule has 2 aromatic carbocycles. The van der Waals surface area contributed by atoms with Crippen LogP contribution in [0.2, 0.25) is 0 Å². The van der Waals surface area contributed by atoms with Crippen LogP contribution in [0.25, 0.3) is 11.4 Å². The number of aryl methyl sites for hydroxylation is 2. The molecule has 0 aliphatic rings. The molecule has 10 heteroatoms. The predicted molar refractivity (Wildman–Crippen MR) is 150 cm³/mol. The molecule has 0 spiro atoms. The lowest BCUT2D eigenvalue weighted by Crippen LogP contribution is -2.16. The molecule has 0 radical (unpaired) electrons. The number of nitrogens with zero attached hydrogens (tertiary/aromatic N) is 2. The van der Waals surface area contributed by atoms with Gasteiger partial charge in [0.15, 0.2) is 7.91 Å². The summed E-state index contributed by atoms with van der Waals surface area (Å²) in [5.41, 5.74) is 5.07. The molecule has 0 saturated heterocycles. The van der Waals surface area contributed by atoms with E-state index >= 15 is 0 Å². The maximum absolute atomic E-state index is 12.6. The Labute approximate surface area is 221 Å². The summed E-state index contributed by atoms with van der Waals surface area (Å²) in [5.74, 6) is -0.296. The van der Waals surface area contributed by atoms with Crippen molar-refractivity contribution in [1.29, 1.82) is 0 Å². The number of benzene rings is 2. The van der Waals surface area contributed by atoms with Crippen molar-refractivity contribution in [2.75, 3.05) is 10.6 Å². The van der Waals surface area contributed by atoms with Gasteiger partial charge in [0.1, 0.15) is 0 Å². The van der Waals surface area contributed by atoms with E-state index in [1.54, 1.807) is 0 Å². The highest BCUT2D eigenvalue weighted by Crippen LogP contribution is 2.26. The second-order valence-corrected chi connectivity index (χ2v) is 10.9. The van der Waals surface area contributed by atoms with Gasteiger partial charge in [-0.1, -0.05) is 24.3 Å². The minimum atomic E-state index is -0.148. The number of thiazole rings is 2. The van der Waals surface area contributed by atoms with Gasteiger partial charge in [-0.25, -0.2) is 0 Å². The van der Waals surface area contributed by atoms with Crippen molar-refractivity contribution in [3.8, 4) is 11.4 Å². The smallest absolute Gasteiger partial charge is 0.224 e. The van der Waals surface area contributed by atoms with Crippen LogP contribution in [0.5, 0.6) is 0 Å². The van der Waals surface area contributed by atoms with E-state index in [9.17, 15) is 9.59 Å². The first-order valence-electron chi connectivity index (χ1n) is 11.0. The third-order valence-electron chi connectivity index (χ3n) is 5.38. The number of anilines is 2. The molecule has 0 saturated carbocycles. The number of amides is 2. The number of para-hydroxylation sites is 4. The third-order valence-corrected chi connectivity index (χ3v) is 8.01. The molecule has 4 rings (SSSR count). The molecule has 2 heterocycles. The van der Waals surface area contributed by atoms with Crippen molar-refractivity contribution in [1.82, 2.24) is 9.13 Å². The highest BCUT2D eigenvalue weighted by Gasteiger charge is 2.13. The van der Waals surface area contributed by atoms with E-state index in [1.165, 1.54) is 22.7 Å². The molecule has 0 atom stereocenters. The zero-order chi connectivity index (χ0) is 24.9. The normalized spacial score (nSPS) is 10.8. The van der Waals surface area contributed by atoms with E-state index in [2.05, 4.69) is 10.6 Å². The van der Waals surface area contributed by atoms with E-state index in [1.807, 2.05) is 82.3 Å². The Morgan fingerprint density at radius 3 is 1.51 bits per heavy atom. The lowest BCUT2D eigenvalue weighted by atomic mass is 10.2. The van der Waals surface area contributed by atoms with E-state index in [0.29, 0.717) is 17.8 Å². The molecule has 180 valence electrons. The van der Waals surface area contributed by atoms with Crippen molar-refractivity contribution in [2.45, 2.75) is 33.1 Å². The Balaban J connectivity index is 1.36. The standard InChI is InChI=1S/C25H24N4O2S4/c1-16-14-34-24(32)28(16)20-10-5-3-8-18(20)26-22(30)12-7-13-23(31)27-19-9-4-6-11-21(19)29-17(2)15-35-25(29)33/h3-6,8-11,14-15H,7,12-13H2,1-2H3,(H,26,30)(H,27,31). The van der Waals surface area contributed by atoms with Crippen molar-refractivity contribution in [2.24, 2.45) is 0 Å². The maximum Gasteiger partial charge on any atom is 0.224 e. The molecule has 35 heavy (non-hydrogen) atoms. The Kier molecular flexibility index (Phi) is 8.07. The van der Waals surface area contributed by atoms with Gasteiger partial charge < -0.3 is 10.6 Å². The Morgan fingerprint density at radius 2 is 1.14 bits per heavy atom. The number of carbonyl (C=O) groups excluding carboxylic acids is 2. The molecule has 0 fully saturated rings. The fourth-order valence-electron chi connectivity index (χ4n) is 3.73. The summed E-state index contributed by atoms with van der Waals surface area (Å²) >= 11 is 13.9. The van der Waals surface area contributed by atoms with Crippen LogP contribution in [0.3, 0.4) is 0 Å². The molecular weight excluding hydrogens is 517 g/mol. The largest absolute Gasteiger partial charge is 0.324 e. The van der Waals surface area contributed by atoms with Crippen LogP contribution >= 0.6 is 47.1 Å². The fourth-order valence-corrected chi connectivity index (χ4v) is 5.95. The first-order valence-corrected chi connectivity index (χ1v) is 13.6. The number of carbonyl (C=O) groups is 2. The Morgan fingerprint density at radius 1 is 0.743 bits per heavy atom. The molecule has 6 nitrogen and oxygen atoms in total. The molecule has 0 aliphatic carbocycles. The molecule has 0 bridgehead atoms. The first kappa shape index (κ1) is 25.2. The lowest BCUT2D eigenvalue weighted by Gasteiger charge is -2.14. The summed E-state index contributed by atoms with van der Waals surface area (Å²) in [6.45, 7) is 3.96. The van der Waals surface area contributed by atoms with Gasteiger partial charge in [0.25, 0.3) is 0 Å². The van der Waals surface area contributed by atoms with Gasteiger partial charge in [-0.3, -0.25) is 18.7 Å². The zero-order valence-electron chi connectivity index (χ0n) is 19.2. The fraction of sp³-hybridized carbons (Fsp3) is 0.200. The van der Waals surface area contributed by atoms with Crippen LogP contribution in [0.1, 0.15) is 30.7 Å². The average molecular weight is 541 g/mol. The van der Waals surface area contributed by atoms with Gasteiger partial charge >= 0.3 is 0 Å². The van der Waals surface area contributed by atoms with Gasteiger partial charge in [0.05, 0.1) is 22.7 Å². The van der Waals surface area contributed by atoms with Gasteiger partial charge in [-0.05, 0) is 69.0 Å². The third kappa shape index (κ3) is 5.84. The minimum Gasteiger partial charge on any atom is -0.324 e. The quantitative estimate of drug-likeness (QED) is 0.232. The van der Waals surface area contributed by atoms with Crippen molar-refractivity contribution in [3.63, 3.8) is 0 Å². The number of rotatable bonds is 8. The number of nitrogens with one attached hydrogen (secondary N) is 2. The zero-order valence-corrected chi connectivity index (χ0v) is 22.5. The lowest BCUT2D eigenvalue weighted by molar-refractivity contribution is -0.117. The van der Waals surface area contributed by atoms with Gasteiger partial charge in [-0.15, -0.1) is 22.7 Å². The number of aromatic nitrogens is 2. The molecule has 4 aromatic rings. The Hall–Kier alpha value is -2.92. The predicted octanol–water partition coefficient (Wildman–Crippen LogP) is 7.21. The maximum atomic E-state index is 12.6. The van der Waals surface area contributed by atoms with Gasteiger partial charge in [-0.2, -0.15) is 0 Å². The van der Waals surface area contributed by atoms with Crippen LogP contribution in [0, 0.1) is 21.8 Å². The van der Waals surface area contributed by atoms with E-state index in [0.717, 1.165) is 30.7 Å². The Bertz CT molecular complexity index is 1380. The molecule has 0 unspecified atom stereocenters. The van der Waals surface area contributed by atoms with Crippen LogP contribution < -0.4 is 10.6 Å². The summed E-state index contributed by atoms with van der Waals surface area (Å²) in [5, 5.41) is 9.92. The van der Waals surface area contributed by atoms with Crippen molar-refractivity contribution < 1.29 is 9.59 Å². The second-order valence-electron chi connectivity index (χ2n) is 7.94. The molecule has 0 aliphatic heterocycles. The van der Waals surface area contributed by atoms with Crippen LogP contribution in [0.15, 0.2) is 59.3 Å². The van der Waals surface area contributed by atoms with Gasteiger partial charge in [0, 0.05) is 35.0 Å². The number of hydrogen-bond donors (Lipinski definition) is 2. The van der Waals surface area contributed by atoms with Crippen molar-refractivity contribution >= 4 is 70.3 Å². The first-order chi connectivity index (χ1) is 16.8. The summed E-state index contributed by atoms with van der Waals surface area (Å²) in [6, 6.07) is 15.1. The summed E-state index contributed by atoms with van der Waals surface area (Å²) < 4.78 is 5.34. The number of hydrogen-bond acceptors (Lipinski definition) is 6. The van der Waals surface area contributed by atoms with E-state index in [-0.39, 0.29) is 24.7 Å². The summed E-state index contributed by atoms with van der Waals surface area (Å²) in [7, 11) is 0. The second kappa shape index (κ2) is 11.2. The molecule has 2 aromatic heterocycles. The molecular formula is C25H24N4O2S4. The minimum absolute atomic E-state index is 0.148. The average Bonchev–Trinajstić information content (AvgIpc) is 3.34. The van der Waals surface area contributed by atoms with Gasteiger partial charge in [0.2, 0.25) is 11.8 Å². The summed E-state index contributed by atoms with van der Waals surface area (Å²) in [6.07, 6.45) is 0.883. The monoisotopic (exact) mass is 540 g/mol. The molecule has 2 amide bonds. The van der Waals surface area contributed by atoms with Crippen molar-refractivity contribution in [3.05, 3.63) is 78.6 Å². The molecule has 2 N–H and O–H groups in total. The highest BCUT2D eigenvalue weighted by molar-refractivity contribution is 7.73.